The molecule has 0 radical (unpaired) electrons. The van der Waals surface area contributed by atoms with Crippen LogP contribution < -0.4 is 0 Å². The fourth-order valence-electron chi connectivity index (χ4n) is 1.16. The largest absolute Gasteiger partial charge is 0.328 e. The highest BCUT2D eigenvalue weighted by atomic mass is 32.5. The molecule has 3 nitrogen and oxygen atoms in total. The summed E-state index contributed by atoms with van der Waals surface area (Å²) in [6, 6.07) is 0. The second kappa shape index (κ2) is 7.19. The van der Waals surface area contributed by atoms with Crippen molar-refractivity contribution < 1.29 is 13.6 Å². The topological polar surface area (TPSA) is 27.7 Å². The van der Waals surface area contributed by atoms with Gasteiger partial charge in [0.05, 0.1) is 16.8 Å². The molecule has 5 heteroatoms. The molecule has 0 aliphatic rings. The van der Waals surface area contributed by atoms with Crippen LogP contribution in [0.15, 0.2) is 0 Å². The molecule has 0 spiro atoms. The summed E-state index contributed by atoms with van der Waals surface area (Å²) in [4.78, 5) is 0. The van der Waals surface area contributed by atoms with Crippen LogP contribution >= 0.6 is 6.72 Å². The van der Waals surface area contributed by atoms with Gasteiger partial charge in [0, 0.05) is 0 Å². The summed E-state index contributed by atoms with van der Waals surface area (Å²) in [6.45, 7) is 15.6. The van der Waals surface area contributed by atoms with E-state index in [1.54, 1.807) is 0 Å². The predicted octanol–water partition coefficient (Wildman–Crippen LogP) is 5.83. The van der Waals surface area contributed by atoms with Crippen LogP contribution in [0.5, 0.6) is 0 Å². The van der Waals surface area contributed by atoms with Crippen LogP contribution in [0, 0.1) is 0 Å². The summed E-state index contributed by atoms with van der Waals surface area (Å²) in [6.07, 6.45) is 2.58. The van der Waals surface area contributed by atoms with Crippen molar-refractivity contribution in [2.45, 2.75) is 98.4 Å². The average molecular weight is 324 g/mol. The molecule has 0 aliphatic carbocycles. The molecule has 0 atom stereocenters. The lowest BCUT2D eigenvalue weighted by molar-refractivity contribution is -0.0196. The molecule has 0 N–H and O–H groups in total. The normalized spacial score (nSPS) is 14.7. The maximum atomic E-state index is 6.13. The van der Waals surface area contributed by atoms with Gasteiger partial charge in [-0.25, -0.2) is 0 Å². The number of rotatable bonds is 9. The first-order valence-corrected chi connectivity index (χ1v) is 10.1. The highest BCUT2D eigenvalue weighted by Crippen LogP contribution is 2.59. The molecule has 0 unspecified atom stereocenters. The standard InChI is InChI=1S/C15H33O3PS/c1-10-13(4,5)16-19(20,17-14(6,7)11-2)18-15(8,9)12-3/h10-12H2,1-9H3. The van der Waals surface area contributed by atoms with Gasteiger partial charge in [0.25, 0.3) is 0 Å². The van der Waals surface area contributed by atoms with Gasteiger partial charge in [-0.2, -0.15) is 0 Å². The van der Waals surface area contributed by atoms with E-state index in [2.05, 4.69) is 20.8 Å². The minimum absolute atomic E-state index is 0.344. The van der Waals surface area contributed by atoms with Gasteiger partial charge >= 0.3 is 6.72 Å². The Labute approximate surface area is 131 Å². The molecule has 0 amide bonds. The average Bonchev–Trinajstić information content (AvgIpc) is 2.26. The molecule has 0 fully saturated rings. The fourth-order valence-corrected chi connectivity index (χ4v) is 5.29. The maximum Gasteiger partial charge on any atom is 0.328 e. The Hall–Kier alpha value is 0.530. The van der Waals surface area contributed by atoms with Gasteiger partial charge in [-0.1, -0.05) is 20.8 Å². The molecule has 20 heavy (non-hydrogen) atoms. The van der Waals surface area contributed by atoms with E-state index in [0.29, 0.717) is 0 Å². The monoisotopic (exact) mass is 324 g/mol. The Bertz CT molecular complexity index is 299. The molecule has 0 bridgehead atoms. The lowest BCUT2D eigenvalue weighted by Gasteiger charge is -2.40. The molecular formula is C15H33O3PS. The van der Waals surface area contributed by atoms with Gasteiger partial charge in [0.2, 0.25) is 0 Å². The van der Waals surface area contributed by atoms with Gasteiger partial charge in [-0.15, -0.1) is 0 Å². The quantitative estimate of drug-likeness (QED) is 0.499. The lowest BCUT2D eigenvalue weighted by Crippen LogP contribution is -2.31. The van der Waals surface area contributed by atoms with Gasteiger partial charge in [-0.05, 0) is 72.6 Å². The summed E-state index contributed by atoms with van der Waals surface area (Å²) in [5, 5.41) is 0. The summed E-state index contributed by atoms with van der Waals surface area (Å²) < 4.78 is 18.4. The van der Waals surface area contributed by atoms with Gasteiger partial charge in [0.15, 0.2) is 0 Å². The third kappa shape index (κ3) is 7.51. The maximum absolute atomic E-state index is 6.13. The van der Waals surface area contributed by atoms with Crippen molar-refractivity contribution in [1.29, 1.82) is 0 Å². The molecule has 0 rings (SSSR count). The van der Waals surface area contributed by atoms with Crippen molar-refractivity contribution in [1.82, 2.24) is 0 Å². The second-order valence-corrected chi connectivity index (χ2v) is 9.84. The first-order chi connectivity index (χ1) is 8.80. The smallest absolute Gasteiger partial charge is 0.303 e. The van der Waals surface area contributed by atoms with Crippen LogP contribution in [0.4, 0.5) is 0 Å². The number of hydrogen-bond donors (Lipinski definition) is 0. The molecule has 0 saturated carbocycles. The first-order valence-electron chi connectivity index (χ1n) is 7.52. The van der Waals surface area contributed by atoms with Crippen LogP contribution in [0.25, 0.3) is 0 Å². The van der Waals surface area contributed by atoms with E-state index in [1.807, 2.05) is 41.5 Å². The van der Waals surface area contributed by atoms with Gasteiger partial charge in [0.1, 0.15) is 0 Å². The highest BCUT2D eigenvalue weighted by molar-refractivity contribution is 8.07. The zero-order valence-electron chi connectivity index (χ0n) is 14.7. The van der Waals surface area contributed by atoms with E-state index in [1.165, 1.54) is 0 Å². The molecule has 0 aromatic rings. The fraction of sp³-hybridized carbons (Fsp3) is 1.00. The van der Waals surface area contributed by atoms with E-state index in [9.17, 15) is 0 Å². The van der Waals surface area contributed by atoms with E-state index in [-0.39, 0.29) is 16.8 Å². The Kier molecular flexibility index (Phi) is 7.39. The van der Waals surface area contributed by atoms with Gasteiger partial charge < -0.3 is 13.6 Å². The van der Waals surface area contributed by atoms with Crippen LogP contribution in [0.1, 0.15) is 81.6 Å². The van der Waals surface area contributed by atoms with E-state index >= 15 is 0 Å². The summed E-state index contributed by atoms with van der Waals surface area (Å²) in [5.74, 6) is 0. The molecule has 0 aromatic carbocycles. The minimum atomic E-state index is -2.80. The van der Waals surface area contributed by atoms with Crippen LogP contribution in [0.2, 0.25) is 0 Å². The third-order valence-corrected chi connectivity index (χ3v) is 6.46. The first kappa shape index (κ1) is 20.5. The van der Waals surface area contributed by atoms with Crippen molar-refractivity contribution in [2.24, 2.45) is 0 Å². The van der Waals surface area contributed by atoms with Crippen LogP contribution in [0.3, 0.4) is 0 Å². The van der Waals surface area contributed by atoms with Crippen LogP contribution in [-0.4, -0.2) is 16.8 Å². The van der Waals surface area contributed by atoms with E-state index in [0.717, 1.165) is 19.3 Å². The van der Waals surface area contributed by atoms with E-state index in [4.69, 9.17) is 25.4 Å². The molecule has 0 saturated heterocycles. The molecular weight excluding hydrogens is 291 g/mol. The Morgan fingerprint density at radius 3 is 1.00 bits per heavy atom. The summed E-state index contributed by atoms with van der Waals surface area (Å²) in [5.41, 5.74) is -1.03. The van der Waals surface area contributed by atoms with Gasteiger partial charge in [-0.3, -0.25) is 0 Å². The molecule has 122 valence electrons. The predicted molar refractivity (Wildman–Crippen MR) is 90.7 cm³/mol. The SMILES string of the molecule is CCC(C)(C)OP(=S)(OC(C)(C)CC)OC(C)(C)CC. The minimum Gasteiger partial charge on any atom is -0.303 e. The zero-order valence-corrected chi connectivity index (χ0v) is 16.4. The van der Waals surface area contributed by atoms with Crippen molar-refractivity contribution in [3.63, 3.8) is 0 Å². The number of hydrogen-bond acceptors (Lipinski definition) is 4. The zero-order chi connectivity index (χ0) is 16.2. The molecule has 0 aliphatic heterocycles. The third-order valence-electron chi connectivity index (χ3n) is 3.63. The highest BCUT2D eigenvalue weighted by Gasteiger charge is 2.38. The Morgan fingerprint density at radius 2 is 0.850 bits per heavy atom. The van der Waals surface area contributed by atoms with Crippen LogP contribution in [-0.2, 0) is 25.4 Å². The van der Waals surface area contributed by atoms with Crippen molar-refractivity contribution in [2.75, 3.05) is 0 Å². The molecule has 0 aromatic heterocycles. The Balaban J connectivity index is 5.29. The van der Waals surface area contributed by atoms with Crippen molar-refractivity contribution in [3.8, 4) is 0 Å². The summed E-state index contributed by atoms with van der Waals surface area (Å²) >= 11 is 5.69. The second-order valence-electron chi connectivity index (χ2n) is 7.06. The van der Waals surface area contributed by atoms with Crippen molar-refractivity contribution in [3.05, 3.63) is 0 Å². The van der Waals surface area contributed by atoms with Crippen molar-refractivity contribution >= 4 is 18.5 Å². The Morgan fingerprint density at radius 1 is 0.650 bits per heavy atom. The van der Waals surface area contributed by atoms with E-state index < -0.39 is 6.72 Å². The molecule has 0 heterocycles. The lowest BCUT2D eigenvalue weighted by atomic mass is 10.1. The summed E-state index contributed by atoms with van der Waals surface area (Å²) in [7, 11) is 0.